The zero-order valence-electron chi connectivity index (χ0n) is 12.6. The molecule has 0 atom stereocenters. The largest absolute Gasteiger partial charge is 0.496 e. The summed E-state index contributed by atoms with van der Waals surface area (Å²) < 4.78 is 11.9. The van der Waals surface area contributed by atoms with Crippen LogP contribution in [0.25, 0.3) is 0 Å². The quantitative estimate of drug-likeness (QED) is 0.564. The van der Waals surface area contributed by atoms with Crippen LogP contribution in [0.1, 0.15) is 34.1 Å². The van der Waals surface area contributed by atoms with Crippen molar-refractivity contribution in [2.24, 2.45) is 0 Å². The van der Waals surface area contributed by atoms with Crippen LogP contribution in [-0.4, -0.2) is 36.8 Å². The maximum Gasteiger partial charge on any atom is 0.496 e. The van der Waals surface area contributed by atoms with Crippen molar-refractivity contribution in [3.05, 3.63) is 24.3 Å². The van der Waals surface area contributed by atoms with Gasteiger partial charge < -0.3 is 14.2 Å². The summed E-state index contributed by atoms with van der Waals surface area (Å²) in [6, 6.07) is 2.13. The normalized spacial score (nSPS) is 21.1. The van der Waals surface area contributed by atoms with Gasteiger partial charge in [0.25, 0.3) is 0 Å². The predicted molar refractivity (Wildman–Crippen MR) is 77.2 cm³/mol. The van der Waals surface area contributed by atoms with Crippen LogP contribution < -0.4 is 0 Å². The van der Waals surface area contributed by atoms with Crippen molar-refractivity contribution < 1.29 is 9.31 Å². The Kier molecular flexibility index (Phi) is 4.83. The molecule has 0 aromatic rings. The minimum absolute atomic E-state index is 0.356. The van der Waals surface area contributed by atoms with Crippen LogP contribution in [0.2, 0.25) is 0 Å². The molecule has 0 unspecified atom stereocenters. The second-order valence-corrected chi connectivity index (χ2v) is 5.81. The van der Waals surface area contributed by atoms with Crippen LogP contribution in [0, 0.1) is 11.3 Å². The van der Waals surface area contributed by atoms with E-state index >= 15 is 0 Å². The van der Waals surface area contributed by atoms with Gasteiger partial charge in [-0.2, -0.15) is 5.26 Å². The Morgan fingerprint density at radius 3 is 2.26 bits per heavy atom. The Balaban J connectivity index is 2.81. The van der Waals surface area contributed by atoms with Gasteiger partial charge in [0.2, 0.25) is 0 Å². The van der Waals surface area contributed by atoms with E-state index in [1.807, 2.05) is 45.8 Å². The van der Waals surface area contributed by atoms with Gasteiger partial charge in [0.1, 0.15) is 0 Å². The molecule has 1 saturated heterocycles. The minimum atomic E-state index is -0.410. The third-order valence-corrected chi connectivity index (χ3v) is 3.71. The highest BCUT2D eigenvalue weighted by Crippen LogP contribution is 2.38. The van der Waals surface area contributed by atoms with Crippen LogP contribution in [0.3, 0.4) is 0 Å². The molecule has 1 fully saturated rings. The van der Waals surface area contributed by atoms with Gasteiger partial charge in [-0.3, -0.25) is 0 Å². The van der Waals surface area contributed by atoms with Crippen LogP contribution in [0.5, 0.6) is 0 Å². The third kappa shape index (κ3) is 3.62. The average Bonchev–Trinajstić information content (AvgIpc) is 2.52. The summed E-state index contributed by atoms with van der Waals surface area (Å²) in [6.45, 7) is 12.6. The lowest BCUT2D eigenvalue weighted by molar-refractivity contribution is 0.00578. The lowest BCUT2D eigenvalue weighted by Gasteiger charge is -2.32. The molecule has 0 aromatic carbocycles. The molecule has 1 aliphatic heterocycles. The Hall–Kier alpha value is -1.25. The van der Waals surface area contributed by atoms with E-state index in [9.17, 15) is 0 Å². The Morgan fingerprint density at radius 1 is 1.32 bits per heavy atom. The standard InChI is InChI=1S/C14H23BN2O2/c1-7-12(11-17(6)10-8-9-16)15-18-13(2,3)14(4,5)19-15/h7,11H,1,8,10H2,2-6H3/b12-11+. The van der Waals surface area contributed by atoms with Crippen molar-refractivity contribution in [1.29, 1.82) is 5.26 Å². The number of allylic oxidation sites excluding steroid dienone is 2. The van der Waals surface area contributed by atoms with Crippen molar-refractivity contribution in [1.82, 2.24) is 4.90 Å². The van der Waals surface area contributed by atoms with Crippen molar-refractivity contribution in [3.8, 4) is 6.07 Å². The molecule has 0 bridgehead atoms. The number of hydrogen-bond donors (Lipinski definition) is 0. The lowest BCUT2D eigenvalue weighted by Crippen LogP contribution is -2.41. The molecule has 1 rings (SSSR count). The highest BCUT2D eigenvalue weighted by molar-refractivity contribution is 6.55. The Labute approximate surface area is 116 Å². The van der Waals surface area contributed by atoms with Crippen LogP contribution in [0.15, 0.2) is 24.3 Å². The number of rotatable bonds is 5. The van der Waals surface area contributed by atoms with E-state index in [0.717, 1.165) is 5.47 Å². The van der Waals surface area contributed by atoms with E-state index in [2.05, 4.69) is 12.6 Å². The minimum Gasteiger partial charge on any atom is -0.399 e. The molecule has 5 heteroatoms. The first-order chi connectivity index (χ1) is 8.73. The summed E-state index contributed by atoms with van der Waals surface area (Å²) in [7, 11) is 1.51. The molecular formula is C14H23BN2O2. The number of hydrogen-bond acceptors (Lipinski definition) is 4. The van der Waals surface area contributed by atoms with Crippen LogP contribution >= 0.6 is 0 Å². The van der Waals surface area contributed by atoms with Crippen LogP contribution in [0.4, 0.5) is 0 Å². The lowest BCUT2D eigenvalue weighted by atomic mass is 9.78. The van der Waals surface area contributed by atoms with Crippen LogP contribution in [-0.2, 0) is 9.31 Å². The second-order valence-electron chi connectivity index (χ2n) is 5.81. The molecule has 0 radical (unpaired) electrons. The summed E-state index contributed by atoms with van der Waals surface area (Å²) in [6.07, 6.45) is 4.15. The maximum absolute atomic E-state index is 8.59. The third-order valence-electron chi connectivity index (χ3n) is 3.71. The SMILES string of the molecule is C=C/C(=C\N(C)CCC#N)B1OC(C)(C)C(C)(C)O1. The molecule has 0 N–H and O–H groups in total. The van der Waals surface area contributed by atoms with Crippen molar-refractivity contribution in [2.75, 3.05) is 13.6 Å². The summed E-state index contributed by atoms with van der Waals surface area (Å²) in [4.78, 5) is 1.95. The number of nitriles is 1. The molecule has 1 heterocycles. The summed E-state index contributed by atoms with van der Waals surface area (Å²) in [5, 5.41) is 8.59. The van der Waals surface area contributed by atoms with E-state index in [4.69, 9.17) is 14.6 Å². The van der Waals surface area contributed by atoms with E-state index < -0.39 is 7.12 Å². The topological polar surface area (TPSA) is 45.5 Å². The summed E-state index contributed by atoms with van der Waals surface area (Å²) >= 11 is 0. The van der Waals surface area contributed by atoms with E-state index in [0.29, 0.717) is 13.0 Å². The number of nitrogens with zero attached hydrogens (tertiary/aromatic N) is 2. The van der Waals surface area contributed by atoms with Gasteiger partial charge in [-0.05, 0) is 39.4 Å². The fraction of sp³-hybridized carbons (Fsp3) is 0.643. The van der Waals surface area contributed by atoms with Crippen molar-refractivity contribution in [3.63, 3.8) is 0 Å². The smallest absolute Gasteiger partial charge is 0.399 e. The maximum atomic E-state index is 8.59. The highest BCUT2D eigenvalue weighted by Gasteiger charge is 2.52. The van der Waals surface area contributed by atoms with Gasteiger partial charge >= 0.3 is 7.12 Å². The zero-order chi connectivity index (χ0) is 14.7. The first-order valence-corrected chi connectivity index (χ1v) is 6.50. The molecule has 0 spiro atoms. The van der Waals surface area contributed by atoms with Crippen molar-refractivity contribution in [2.45, 2.75) is 45.3 Å². The van der Waals surface area contributed by atoms with Gasteiger partial charge in [0, 0.05) is 13.6 Å². The molecule has 0 amide bonds. The van der Waals surface area contributed by atoms with Gasteiger partial charge in [0.15, 0.2) is 0 Å². The molecule has 19 heavy (non-hydrogen) atoms. The van der Waals surface area contributed by atoms with E-state index in [1.54, 1.807) is 6.08 Å². The van der Waals surface area contributed by atoms with Gasteiger partial charge in [-0.25, -0.2) is 0 Å². The average molecular weight is 262 g/mol. The fourth-order valence-electron chi connectivity index (χ4n) is 1.73. The monoisotopic (exact) mass is 262 g/mol. The summed E-state index contributed by atoms with van der Waals surface area (Å²) in [5.41, 5.74) is 0.162. The highest BCUT2D eigenvalue weighted by atomic mass is 16.7. The molecule has 0 saturated carbocycles. The summed E-state index contributed by atoms with van der Waals surface area (Å²) in [5.74, 6) is 0. The molecule has 0 aromatic heterocycles. The van der Waals surface area contributed by atoms with Crippen molar-refractivity contribution >= 4 is 7.12 Å². The van der Waals surface area contributed by atoms with E-state index in [-0.39, 0.29) is 11.2 Å². The first kappa shape index (κ1) is 15.8. The zero-order valence-corrected chi connectivity index (χ0v) is 12.6. The first-order valence-electron chi connectivity index (χ1n) is 6.50. The Bertz CT molecular complexity index is 394. The van der Waals surface area contributed by atoms with Gasteiger partial charge in [0.05, 0.1) is 23.7 Å². The fourth-order valence-corrected chi connectivity index (χ4v) is 1.73. The molecule has 4 nitrogen and oxygen atoms in total. The predicted octanol–water partition coefficient (Wildman–Crippen LogP) is 2.53. The molecular weight excluding hydrogens is 239 g/mol. The van der Waals surface area contributed by atoms with E-state index in [1.165, 1.54) is 0 Å². The van der Waals surface area contributed by atoms with Gasteiger partial charge in [-0.15, -0.1) is 0 Å². The molecule has 1 aliphatic rings. The second kappa shape index (κ2) is 5.81. The van der Waals surface area contributed by atoms with Gasteiger partial charge in [-0.1, -0.05) is 12.7 Å². The Morgan fingerprint density at radius 2 is 1.84 bits per heavy atom. The molecule has 0 aliphatic carbocycles. The molecule has 104 valence electrons.